The molecule has 1 fully saturated rings. The first kappa shape index (κ1) is 13.5. The van der Waals surface area contributed by atoms with Crippen LogP contribution in [-0.4, -0.2) is 26.1 Å². The molecule has 1 unspecified atom stereocenters. The third kappa shape index (κ3) is 2.43. The minimum Gasteiger partial charge on any atom is -0.273 e. The molecule has 100 valence electrons. The van der Waals surface area contributed by atoms with Crippen LogP contribution in [0.3, 0.4) is 0 Å². The summed E-state index contributed by atoms with van der Waals surface area (Å²) in [6, 6.07) is 7.04. The van der Waals surface area contributed by atoms with Crippen molar-refractivity contribution < 1.29 is 12.6 Å². The topological polar surface area (TPSA) is 46.6 Å². The van der Waals surface area contributed by atoms with E-state index in [1.165, 1.54) is 0 Å². The monoisotopic (exact) mass is 269 g/mol. The van der Waals surface area contributed by atoms with Gasteiger partial charge in [-0.2, -0.15) is 8.42 Å². The average molecular weight is 269 g/mol. The fourth-order valence-corrected chi connectivity index (χ4v) is 3.65. The number of piperidine rings is 1. The van der Waals surface area contributed by atoms with E-state index >= 15 is 0 Å². The van der Waals surface area contributed by atoms with E-state index in [2.05, 4.69) is 4.90 Å². The first-order valence-electron chi connectivity index (χ1n) is 5.91. The summed E-state index contributed by atoms with van der Waals surface area (Å²) < 4.78 is 29.4. The van der Waals surface area contributed by atoms with Gasteiger partial charge in [0, 0.05) is 13.1 Å². The second kappa shape index (κ2) is 4.99. The van der Waals surface area contributed by atoms with Gasteiger partial charge in [0.05, 0.1) is 4.90 Å². The molecule has 2 bridgehead atoms. The summed E-state index contributed by atoms with van der Waals surface area (Å²) in [5.74, 6) is 0. The molecule has 1 saturated heterocycles. The van der Waals surface area contributed by atoms with Gasteiger partial charge in [0.25, 0.3) is 10.1 Å². The summed E-state index contributed by atoms with van der Waals surface area (Å²) in [5, 5.41) is 0. The molecule has 0 amide bonds. The number of nitrogens with zero attached hydrogens (tertiary/aromatic N) is 1. The quantitative estimate of drug-likeness (QED) is 0.678. The molecule has 3 rings (SSSR count). The van der Waals surface area contributed by atoms with Gasteiger partial charge < -0.3 is 0 Å². The first-order chi connectivity index (χ1) is 8.15. The van der Waals surface area contributed by atoms with Crippen molar-refractivity contribution in [2.75, 3.05) is 6.54 Å². The molecule has 18 heavy (non-hydrogen) atoms. The van der Waals surface area contributed by atoms with Gasteiger partial charge >= 0.3 is 0 Å². The molecule has 0 radical (unpaired) electrons. The lowest BCUT2D eigenvalue weighted by molar-refractivity contribution is -0.00624. The molecule has 4 nitrogen and oxygen atoms in total. The van der Waals surface area contributed by atoms with E-state index in [1.807, 2.05) is 6.07 Å². The summed E-state index contributed by atoms with van der Waals surface area (Å²) >= 11 is 0. The Morgan fingerprint density at radius 2 is 2.11 bits per heavy atom. The Kier molecular flexibility index (Phi) is 3.75. The molecule has 0 saturated carbocycles. The van der Waals surface area contributed by atoms with E-state index in [9.17, 15) is 8.42 Å². The summed E-state index contributed by atoms with van der Waals surface area (Å²) in [6.07, 6.45) is 2.65. The van der Waals surface area contributed by atoms with Crippen molar-refractivity contribution >= 4 is 10.1 Å². The van der Waals surface area contributed by atoms with E-state index in [0.717, 1.165) is 37.9 Å². The maximum atomic E-state index is 12.0. The molecule has 1 atom stereocenters. The summed E-state index contributed by atoms with van der Waals surface area (Å²) in [4.78, 5) is 2.39. The molecular formula is C13H19NO3S. The van der Waals surface area contributed by atoms with Crippen molar-refractivity contribution in [3.05, 3.63) is 29.8 Å². The third-order valence-corrected chi connectivity index (χ3v) is 4.67. The van der Waals surface area contributed by atoms with Crippen LogP contribution in [-0.2, 0) is 20.8 Å². The van der Waals surface area contributed by atoms with Crippen LogP contribution in [0.25, 0.3) is 0 Å². The Labute approximate surface area is 109 Å². The lowest BCUT2D eigenvalue weighted by Crippen LogP contribution is -2.42. The zero-order valence-electron chi connectivity index (χ0n) is 9.50. The van der Waals surface area contributed by atoms with Crippen LogP contribution in [0, 0.1) is 0 Å². The molecule has 0 N–H and O–H groups in total. The van der Waals surface area contributed by atoms with Crippen molar-refractivity contribution in [1.82, 2.24) is 4.90 Å². The molecule has 2 heterocycles. The van der Waals surface area contributed by atoms with E-state index in [-0.39, 0.29) is 18.6 Å². The zero-order chi connectivity index (χ0) is 11.9. The second-order valence-corrected chi connectivity index (χ2v) is 6.19. The van der Waals surface area contributed by atoms with Crippen molar-refractivity contribution in [3.63, 3.8) is 0 Å². The largest absolute Gasteiger partial charge is 0.298 e. The maximum absolute atomic E-state index is 12.0. The highest BCUT2D eigenvalue weighted by Gasteiger charge is 2.31. The van der Waals surface area contributed by atoms with Crippen LogP contribution in [0.5, 0.6) is 0 Å². The van der Waals surface area contributed by atoms with E-state index in [1.54, 1.807) is 18.2 Å². The Bertz CT molecular complexity index is 527. The second-order valence-electron chi connectivity index (χ2n) is 4.62. The number of rotatable bonds is 0. The van der Waals surface area contributed by atoms with Crippen molar-refractivity contribution in [2.45, 2.75) is 44.4 Å². The SMILES string of the molecule is C.O=S1(=O)OC2CCCCN2Cc2cccc1c2. The van der Waals surface area contributed by atoms with E-state index in [4.69, 9.17) is 4.18 Å². The first-order valence-corrected chi connectivity index (χ1v) is 7.32. The lowest BCUT2D eigenvalue weighted by Gasteiger charge is -2.36. The number of hydrogen-bond donors (Lipinski definition) is 0. The van der Waals surface area contributed by atoms with Crippen LogP contribution < -0.4 is 0 Å². The van der Waals surface area contributed by atoms with Gasteiger partial charge in [0.2, 0.25) is 0 Å². The van der Waals surface area contributed by atoms with Gasteiger partial charge in [0.15, 0.2) is 0 Å². The Hall–Kier alpha value is -0.910. The normalized spacial score (nSPS) is 26.3. The highest BCUT2D eigenvalue weighted by atomic mass is 32.2. The van der Waals surface area contributed by atoms with E-state index in [0.29, 0.717) is 0 Å². The molecule has 5 heteroatoms. The Morgan fingerprint density at radius 3 is 2.94 bits per heavy atom. The van der Waals surface area contributed by atoms with Crippen LogP contribution in [0.2, 0.25) is 0 Å². The number of benzene rings is 1. The van der Waals surface area contributed by atoms with Gasteiger partial charge in [0.1, 0.15) is 6.23 Å². The minimum absolute atomic E-state index is 0. The molecular weight excluding hydrogens is 250 g/mol. The van der Waals surface area contributed by atoms with Crippen molar-refractivity contribution in [1.29, 1.82) is 0 Å². The molecule has 2 aliphatic rings. The Morgan fingerprint density at radius 1 is 1.28 bits per heavy atom. The fraction of sp³-hybridized carbons (Fsp3) is 0.538. The lowest BCUT2D eigenvalue weighted by atomic mass is 10.1. The summed E-state index contributed by atoms with van der Waals surface area (Å²) in [5.41, 5.74) is 1.04. The molecule has 2 aliphatic heterocycles. The molecule has 0 spiro atoms. The minimum atomic E-state index is -3.59. The summed E-state index contributed by atoms with van der Waals surface area (Å²) in [6.45, 7) is 1.68. The predicted octanol–water partition coefficient (Wildman–Crippen LogP) is 2.35. The van der Waals surface area contributed by atoms with Crippen LogP contribution >= 0.6 is 0 Å². The van der Waals surface area contributed by atoms with Crippen molar-refractivity contribution in [2.24, 2.45) is 0 Å². The highest BCUT2D eigenvalue weighted by Crippen LogP contribution is 2.27. The number of fused-ring (bicyclic) bond motifs is 3. The van der Waals surface area contributed by atoms with Gasteiger partial charge in [-0.05, 0) is 37.0 Å². The third-order valence-electron chi connectivity index (χ3n) is 3.36. The van der Waals surface area contributed by atoms with Gasteiger partial charge in [-0.3, -0.25) is 4.90 Å². The smallest absolute Gasteiger partial charge is 0.273 e. The maximum Gasteiger partial charge on any atom is 0.298 e. The van der Waals surface area contributed by atoms with Gasteiger partial charge in [-0.1, -0.05) is 19.6 Å². The predicted molar refractivity (Wildman–Crippen MR) is 69.5 cm³/mol. The molecule has 0 aliphatic carbocycles. The molecule has 1 aromatic rings. The van der Waals surface area contributed by atoms with Crippen LogP contribution in [0.15, 0.2) is 29.2 Å². The highest BCUT2D eigenvalue weighted by molar-refractivity contribution is 7.86. The van der Waals surface area contributed by atoms with Crippen LogP contribution in [0.1, 0.15) is 32.3 Å². The van der Waals surface area contributed by atoms with Crippen LogP contribution in [0.4, 0.5) is 0 Å². The zero-order valence-corrected chi connectivity index (χ0v) is 10.3. The van der Waals surface area contributed by atoms with Gasteiger partial charge in [-0.15, -0.1) is 0 Å². The average Bonchev–Trinajstić information content (AvgIpc) is 2.31. The van der Waals surface area contributed by atoms with Crippen molar-refractivity contribution in [3.8, 4) is 0 Å². The molecule has 0 aromatic heterocycles. The molecule has 1 aromatic carbocycles. The van der Waals surface area contributed by atoms with Gasteiger partial charge in [-0.25, -0.2) is 4.18 Å². The Balaban J connectivity index is 0.00000120. The fourth-order valence-electron chi connectivity index (χ4n) is 2.49. The summed E-state index contributed by atoms with van der Waals surface area (Å²) in [7, 11) is -3.59. The number of hydrogen-bond acceptors (Lipinski definition) is 4. The van der Waals surface area contributed by atoms with E-state index < -0.39 is 10.1 Å². The standard InChI is InChI=1S/C12H15NO3S.CH4/c14-17(15)11-5-3-4-10(8-11)9-13-7-2-1-6-12(13)16-17;/h3-5,8,12H,1-2,6-7,9H2;1H4.